The van der Waals surface area contributed by atoms with Crippen molar-refractivity contribution in [3.63, 3.8) is 0 Å². The SMILES string of the molecule is C[Se]P(=[Se])(c1ccccc1)C(C)(C)C. The van der Waals surface area contributed by atoms with Crippen LogP contribution in [0.2, 0.25) is 5.82 Å². The van der Waals surface area contributed by atoms with E-state index >= 15 is 0 Å². The van der Waals surface area contributed by atoms with Gasteiger partial charge in [-0.15, -0.1) is 0 Å². The third-order valence-electron chi connectivity index (χ3n) is 2.24. The first-order valence-electron chi connectivity index (χ1n) is 4.63. The molecule has 1 aromatic rings. The fraction of sp³-hybridized carbons (Fsp3) is 0.455. The van der Waals surface area contributed by atoms with Crippen LogP contribution in [0.1, 0.15) is 20.8 Å². The second-order valence-corrected chi connectivity index (χ2v) is 20.3. The Bertz CT molecular complexity index is 338. The van der Waals surface area contributed by atoms with Crippen molar-refractivity contribution in [3.05, 3.63) is 30.3 Å². The van der Waals surface area contributed by atoms with Crippen LogP contribution < -0.4 is 5.30 Å². The summed E-state index contributed by atoms with van der Waals surface area (Å²) in [6.45, 7) is 7.07. The fourth-order valence-corrected chi connectivity index (χ4v) is 9.80. The summed E-state index contributed by atoms with van der Waals surface area (Å²) in [5.41, 5.74) is 0. The van der Waals surface area contributed by atoms with Crippen LogP contribution in [0.25, 0.3) is 0 Å². The summed E-state index contributed by atoms with van der Waals surface area (Å²) in [6, 6.07) is 11.0. The predicted octanol–water partition coefficient (Wildman–Crippen LogP) is 2.88. The van der Waals surface area contributed by atoms with Crippen molar-refractivity contribution in [1.29, 1.82) is 0 Å². The first-order chi connectivity index (χ1) is 6.42. The molecule has 0 aromatic heterocycles. The predicted molar refractivity (Wildman–Crippen MR) is 70.1 cm³/mol. The molecule has 0 aliphatic rings. The molecule has 1 aromatic carbocycles. The van der Waals surface area contributed by atoms with Crippen LogP contribution in [0.4, 0.5) is 0 Å². The van der Waals surface area contributed by atoms with Crippen LogP contribution in [0, 0.1) is 0 Å². The molecule has 1 rings (SSSR count). The maximum atomic E-state index is 3.54. The average Bonchev–Trinajstić information content (AvgIpc) is 2.16. The molecule has 14 heavy (non-hydrogen) atoms. The van der Waals surface area contributed by atoms with Gasteiger partial charge < -0.3 is 0 Å². The van der Waals surface area contributed by atoms with Gasteiger partial charge in [0, 0.05) is 0 Å². The summed E-state index contributed by atoms with van der Waals surface area (Å²) >= 11 is 4.21. The Balaban J connectivity index is 3.23. The molecule has 0 radical (unpaired) electrons. The van der Waals surface area contributed by atoms with Gasteiger partial charge in [-0.25, -0.2) is 0 Å². The molecule has 0 aliphatic carbocycles. The van der Waals surface area contributed by atoms with E-state index in [1.807, 2.05) is 0 Å². The number of hydrogen-bond acceptors (Lipinski definition) is 0. The minimum atomic E-state index is -1.05. The van der Waals surface area contributed by atoms with Crippen LogP contribution in [0.5, 0.6) is 0 Å². The van der Waals surface area contributed by atoms with Gasteiger partial charge in [0.15, 0.2) is 0 Å². The summed E-state index contributed by atoms with van der Waals surface area (Å²) in [7, 11) is 0. The summed E-state index contributed by atoms with van der Waals surface area (Å²) in [5.74, 6) is 2.36. The molecule has 0 aliphatic heterocycles. The third kappa shape index (κ3) is 2.43. The summed E-state index contributed by atoms with van der Waals surface area (Å²) < 4.78 is -1.05. The summed E-state index contributed by atoms with van der Waals surface area (Å²) in [6.07, 6.45) is 0. The van der Waals surface area contributed by atoms with Gasteiger partial charge in [0.25, 0.3) is 0 Å². The first kappa shape index (κ1) is 12.8. The number of benzene rings is 1. The van der Waals surface area contributed by atoms with E-state index in [2.05, 4.69) is 72.0 Å². The zero-order chi connectivity index (χ0) is 10.8. The van der Waals surface area contributed by atoms with Gasteiger partial charge in [0.05, 0.1) is 0 Å². The Hall–Kier alpha value is 0.689. The van der Waals surface area contributed by atoms with Crippen molar-refractivity contribution < 1.29 is 0 Å². The molecule has 1 atom stereocenters. The normalized spacial score (nSPS) is 16.3. The van der Waals surface area contributed by atoms with Crippen molar-refractivity contribution in [1.82, 2.24) is 0 Å². The average molecular weight is 338 g/mol. The maximum absolute atomic E-state index is 3.54. The first-order valence-corrected chi connectivity index (χ1v) is 12.6. The van der Waals surface area contributed by atoms with Gasteiger partial charge in [-0.05, 0) is 0 Å². The Morgan fingerprint density at radius 2 is 1.64 bits per heavy atom. The van der Waals surface area contributed by atoms with E-state index in [0.29, 0.717) is 19.7 Å². The zero-order valence-corrected chi connectivity index (χ0v) is 13.5. The molecule has 0 N–H and O–H groups in total. The van der Waals surface area contributed by atoms with E-state index in [1.165, 1.54) is 5.30 Å². The molecule has 0 fully saturated rings. The topological polar surface area (TPSA) is 0 Å². The standard InChI is InChI=1S/C11H17PSe2/c1-11(2,3)12(13,14-4)10-8-6-5-7-9-10/h5-9H,1-4H3. The van der Waals surface area contributed by atoms with Crippen molar-refractivity contribution in [2.24, 2.45) is 0 Å². The molecule has 0 spiro atoms. The van der Waals surface area contributed by atoms with Gasteiger partial charge in [-0.2, -0.15) is 0 Å². The van der Waals surface area contributed by atoms with Crippen LogP contribution in [-0.2, 0) is 0 Å². The molecular weight excluding hydrogens is 321 g/mol. The Kier molecular flexibility index (Phi) is 4.27. The van der Waals surface area contributed by atoms with E-state index in [9.17, 15) is 0 Å². The Morgan fingerprint density at radius 1 is 1.14 bits per heavy atom. The van der Waals surface area contributed by atoms with Crippen LogP contribution in [0.3, 0.4) is 0 Å². The molecule has 3 heteroatoms. The number of hydrogen-bond donors (Lipinski definition) is 0. The molecule has 0 bridgehead atoms. The molecule has 0 amide bonds. The molecule has 0 heterocycles. The summed E-state index contributed by atoms with van der Waals surface area (Å²) in [4.78, 5) is 0. The second kappa shape index (κ2) is 4.69. The van der Waals surface area contributed by atoms with Crippen molar-refractivity contribution >= 4 is 39.1 Å². The van der Waals surface area contributed by atoms with E-state index in [1.54, 1.807) is 0 Å². The monoisotopic (exact) mass is 340 g/mol. The molecule has 1 unspecified atom stereocenters. The van der Waals surface area contributed by atoms with E-state index in [-0.39, 0.29) is 0 Å². The summed E-state index contributed by atoms with van der Waals surface area (Å²) in [5, 5.41) is 1.93. The Labute approximate surface area is 101 Å². The van der Waals surface area contributed by atoms with Crippen LogP contribution >= 0.6 is 4.20 Å². The molecule has 0 nitrogen and oxygen atoms in total. The van der Waals surface area contributed by atoms with Crippen molar-refractivity contribution in [3.8, 4) is 0 Å². The molecule has 78 valence electrons. The van der Waals surface area contributed by atoms with Gasteiger partial charge in [-0.1, -0.05) is 0 Å². The second-order valence-electron chi connectivity index (χ2n) is 4.24. The molecular formula is C11H17PSe2. The van der Waals surface area contributed by atoms with Crippen molar-refractivity contribution in [2.45, 2.75) is 31.7 Å². The zero-order valence-electron chi connectivity index (χ0n) is 9.15. The van der Waals surface area contributed by atoms with E-state index < -0.39 is 4.20 Å². The minimum absolute atomic E-state index is 0.392. The Morgan fingerprint density at radius 3 is 2.00 bits per heavy atom. The molecule has 0 saturated carbocycles. The van der Waals surface area contributed by atoms with Crippen LogP contribution in [-0.4, -0.2) is 34.8 Å². The van der Waals surface area contributed by atoms with Crippen molar-refractivity contribution in [2.75, 3.05) is 0 Å². The number of rotatable bonds is 2. The fourth-order valence-electron chi connectivity index (χ4n) is 1.39. The van der Waals surface area contributed by atoms with E-state index in [4.69, 9.17) is 0 Å². The van der Waals surface area contributed by atoms with Gasteiger partial charge >= 0.3 is 101 Å². The van der Waals surface area contributed by atoms with Gasteiger partial charge in [0.1, 0.15) is 0 Å². The molecule has 0 saturated heterocycles. The van der Waals surface area contributed by atoms with E-state index in [0.717, 1.165) is 0 Å². The quantitative estimate of drug-likeness (QED) is 0.575. The van der Waals surface area contributed by atoms with Gasteiger partial charge in [-0.3, -0.25) is 0 Å². The van der Waals surface area contributed by atoms with Gasteiger partial charge in [0.2, 0.25) is 0 Å². The third-order valence-corrected chi connectivity index (χ3v) is 23.2. The van der Waals surface area contributed by atoms with Crippen LogP contribution in [0.15, 0.2) is 30.3 Å².